The van der Waals surface area contributed by atoms with E-state index in [9.17, 15) is 18.0 Å². The van der Waals surface area contributed by atoms with Crippen LogP contribution in [-0.2, 0) is 15.2 Å². The minimum Gasteiger partial charge on any atom is -0.374 e. The average molecular weight is 546 g/mol. The third kappa shape index (κ3) is 4.64. The zero-order valence-electron chi connectivity index (χ0n) is 14.8. The van der Waals surface area contributed by atoms with E-state index in [0.717, 1.165) is 12.1 Å². The van der Waals surface area contributed by atoms with Gasteiger partial charge in [0.05, 0.1) is 21.8 Å². The van der Waals surface area contributed by atoms with Gasteiger partial charge in [0.15, 0.2) is 0 Å². The molecule has 1 heterocycles. The van der Waals surface area contributed by atoms with Gasteiger partial charge in [0, 0.05) is 27.6 Å². The van der Waals surface area contributed by atoms with Crippen LogP contribution in [0.15, 0.2) is 41.6 Å². The highest BCUT2D eigenvalue weighted by molar-refractivity contribution is 9.09. The van der Waals surface area contributed by atoms with Crippen molar-refractivity contribution in [2.24, 2.45) is 5.16 Å². The molecule has 0 aromatic heterocycles. The van der Waals surface area contributed by atoms with Crippen LogP contribution >= 0.6 is 50.7 Å². The molecular weight excluding hydrogens is 533 g/mol. The highest BCUT2D eigenvalue weighted by atomic mass is 79.9. The number of carbonyl (C=O) groups is 1. The molecule has 1 amide bonds. The number of amides is 1. The molecule has 0 aliphatic carbocycles. The smallest absolute Gasteiger partial charge is 0.374 e. The Balaban J connectivity index is 1.94. The van der Waals surface area contributed by atoms with Crippen LogP contribution in [0.1, 0.15) is 17.5 Å². The number of halogens is 7. The van der Waals surface area contributed by atoms with E-state index in [1.807, 2.05) is 0 Å². The maximum Gasteiger partial charge on any atom is 0.435 e. The molecular formula is C18H12BrCl3F3N3O2. The third-order valence-corrected chi connectivity index (χ3v) is 5.55. The number of rotatable bonds is 5. The monoisotopic (exact) mass is 543 g/mol. The molecule has 30 heavy (non-hydrogen) atoms. The van der Waals surface area contributed by atoms with E-state index in [2.05, 4.69) is 31.9 Å². The van der Waals surface area contributed by atoms with E-state index in [-0.39, 0.29) is 43.3 Å². The number of benzene rings is 2. The highest BCUT2D eigenvalue weighted by Crippen LogP contribution is 2.49. The molecule has 1 aliphatic rings. The van der Waals surface area contributed by atoms with Crippen molar-refractivity contribution < 1.29 is 22.8 Å². The Bertz CT molecular complexity index is 1000. The molecule has 12 heteroatoms. The van der Waals surface area contributed by atoms with Gasteiger partial charge in [-0.05, 0) is 30.3 Å². The molecule has 0 radical (unpaired) electrons. The minimum atomic E-state index is -4.80. The second-order valence-corrected chi connectivity index (χ2v) is 8.13. The van der Waals surface area contributed by atoms with Crippen molar-refractivity contribution >= 4 is 68.0 Å². The first-order valence-electron chi connectivity index (χ1n) is 8.25. The van der Waals surface area contributed by atoms with Crippen LogP contribution in [0.25, 0.3) is 0 Å². The Morgan fingerprint density at radius 3 is 2.43 bits per heavy atom. The lowest BCUT2D eigenvalue weighted by Gasteiger charge is -2.29. The summed E-state index contributed by atoms with van der Waals surface area (Å²) in [7, 11) is 0. The molecule has 160 valence electrons. The molecule has 1 unspecified atom stereocenters. The highest BCUT2D eigenvalue weighted by Gasteiger charge is 2.62. The van der Waals surface area contributed by atoms with E-state index < -0.39 is 18.2 Å². The zero-order valence-corrected chi connectivity index (χ0v) is 18.6. The predicted octanol–water partition coefficient (Wildman–Crippen LogP) is 6.07. The summed E-state index contributed by atoms with van der Waals surface area (Å²) in [5.74, 6) is -0.369. The quantitative estimate of drug-likeness (QED) is 0.354. The summed E-state index contributed by atoms with van der Waals surface area (Å²) < 4.78 is 42.2. The number of hydrazine groups is 1. The van der Waals surface area contributed by atoms with Gasteiger partial charge in [-0.2, -0.15) is 13.2 Å². The van der Waals surface area contributed by atoms with E-state index in [1.165, 1.54) is 24.3 Å². The summed E-state index contributed by atoms with van der Waals surface area (Å²) >= 11 is 20.9. The van der Waals surface area contributed by atoms with Gasteiger partial charge < -0.3 is 4.84 Å². The molecule has 0 saturated carbocycles. The molecule has 5 nitrogen and oxygen atoms in total. The first-order valence-corrected chi connectivity index (χ1v) is 10.5. The van der Waals surface area contributed by atoms with Crippen molar-refractivity contribution in [2.45, 2.75) is 18.2 Å². The number of oxime groups is 1. The van der Waals surface area contributed by atoms with Gasteiger partial charge in [-0.3, -0.25) is 15.6 Å². The molecule has 0 spiro atoms. The third-order valence-electron chi connectivity index (χ3n) is 4.27. The van der Waals surface area contributed by atoms with E-state index in [0.29, 0.717) is 5.56 Å². The van der Waals surface area contributed by atoms with Crippen LogP contribution in [0.3, 0.4) is 0 Å². The van der Waals surface area contributed by atoms with Crippen LogP contribution in [-0.4, -0.2) is 23.1 Å². The van der Waals surface area contributed by atoms with Gasteiger partial charge >= 0.3 is 6.18 Å². The maximum atomic E-state index is 14.1. The summed E-state index contributed by atoms with van der Waals surface area (Å²) in [4.78, 5) is 16.4. The van der Waals surface area contributed by atoms with Gasteiger partial charge in [-0.15, -0.1) is 0 Å². The summed E-state index contributed by atoms with van der Waals surface area (Å²) in [6, 6.07) is 8.03. The van der Waals surface area contributed by atoms with Crippen LogP contribution in [0, 0.1) is 0 Å². The number of nitrogens with zero attached hydrogens (tertiary/aromatic N) is 1. The van der Waals surface area contributed by atoms with Gasteiger partial charge in [0.25, 0.3) is 5.60 Å². The second kappa shape index (κ2) is 8.82. The van der Waals surface area contributed by atoms with Gasteiger partial charge in [-0.1, -0.05) is 62.0 Å². The molecule has 0 fully saturated rings. The van der Waals surface area contributed by atoms with Crippen LogP contribution < -0.4 is 10.9 Å². The summed E-state index contributed by atoms with van der Waals surface area (Å²) in [6.45, 7) is 0. The Labute approximate surface area is 192 Å². The van der Waals surface area contributed by atoms with Crippen molar-refractivity contribution in [1.29, 1.82) is 0 Å². The first-order chi connectivity index (χ1) is 14.1. The fraction of sp³-hybridized carbons (Fsp3) is 0.222. The molecule has 0 saturated heterocycles. The number of hydrogen-bond donors (Lipinski definition) is 2. The van der Waals surface area contributed by atoms with Crippen LogP contribution in [0.4, 0.5) is 18.9 Å². The Hall–Kier alpha value is -1.68. The molecule has 1 aliphatic heterocycles. The standard InChI is InChI=1S/C18H12BrCl3F3N3O2/c19-8-16(29)27-26-14-3-9(1-2-13(14)22)15-7-17(30-28-15,18(23,24)25)10-4-11(20)6-12(21)5-10/h1-6,26H,7-8H2,(H,27,29). The molecule has 1 atom stereocenters. The predicted molar refractivity (Wildman–Crippen MR) is 113 cm³/mol. The van der Waals surface area contributed by atoms with Crippen LogP contribution in [0.5, 0.6) is 0 Å². The second-order valence-electron chi connectivity index (χ2n) is 6.29. The van der Waals surface area contributed by atoms with Crippen molar-refractivity contribution in [2.75, 3.05) is 10.8 Å². The Morgan fingerprint density at radius 1 is 1.17 bits per heavy atom. The Morgan fingerprint density at radius 2 is 1.83 bits per heavy atom. The van der Waals surface area contributed by atoms with Gasteiger partial charge in [-0.25, -0.2) is 0 Å². The summed E-state index contributed by atoms with van der Waals surface area (Å²) in [5.41, 5.74) is 2.64. The Kier molecular flexibility index (Phi) is 6.76. The lowest BCUT2D eigenvalue weighted by Crippen LogP contribution is -2.42. The molecule has 2 N–H and O–H groups in total. The summed E-state index contributed by atoms with van der Waals surface area (Å²) in [6.07, 6.45) is -5.41. The largest absolute Gasteiger partial charge is 0.435 e. The molecule has 2 aromatic carbocycles. The van der Waals surface area contributed by atoms with Crippen molar-refractivity contribution in [1.82, 2.24) is 5.43 Å². The lowest BCUT2D eigenvalue weighted by atomic mass is 9.86. The van der Waals surface area contributed by atoms with E-state index >= 15 is 0 Å². The summed E-state index contributed by atoms with van der Waals surface area (Å²) in [5, 5.41) is 4.07. The fourth-order valence-corrected chi connectivity index (χ4v) is 3.65. The maximum absolute atomic E-state index is 14.1. The topological polar surface area (TPSA) is 62.7 Å². The van der Waals surface area contributed by atoms with Gasteiger partial charge in [0.1, 0.15) is 0 Å². The molecule has 0 bridgehead atoms. The normalized spacial score (nSPS) is 18.6. The lowest BCUT2D eigenvalue weighted by molar-refractivity contribution is -0.275. The first kappa shape index (κ1) is 23.0. The van der Waals surface area contributed by atoms with E-state index in [4.69, 9.17) is 39.6 Å². The molecule has 2 aromatic rings. The van der Waals surface area contributed by atoms with Crippen LogP contribution in [0.2, 0.25) is 15.1 Å². The van der Waals surface area contributed by atoms with E-state index in [1.54, 1.807) is 0 Å². The SMILES string of the molecule is O=C(CBr)NNc1cc(C2=NOC(c3cc(Cl)cc(Cl)c3)(C(F)(F)F)C2)ccc1Cl. The van der Waals surface area contributed by atoms with Crippen molar-refractivity contribution in [3.8, 4) is 0 Å². The number of nitrogens with one attached hydrogen (secondary N) is 2. The number of carbonyl (C=O) groups excluding carboxylic acids is 1. The molecule has 3 rings (SSSR count). The van der Waals surface area contributed by atoms with Gasteiger partial charge in [0.2, 0.25) is 5.91 Å². The number of anilines is 1. The fourth-order valence-electron chi connectivity index (χ4n) is 2.82. The minimum absolute atomic E-state index is 0.0370. The van der Waals surface area contributed by atoms with Crippen molar-refractivity contribution in [3.05, 3.63) is 62.6 Å². The number of alkyl halides is 4. The number of hydrogen-bond acceptors (Lipinski definition) is 4. The van der Waals surface area contributed by atoms with Crippen molar-refractivity contribution in [3.63, 3.8) is 0 Å². The zero-order chi connectivity index (χ0) is 22.1. The average Bonchev–Trinajstić information content (AvgIpc) is 3.13.